The smallest absolute Gasteiger partial charge is 0.185 e. The molecule has 0 unspecified atom stereocenters. The van der Waals surface area contributed by atoms with Crippen molar-refractivity contribution in [1.29, 1.82) is 0 Å². The lowest BCUT2D eigenvalue weighted by molar-refractivity contribution is 0.104. The summed E-state index contributed by atoms with van der Waals surface area (Å²) in [6, 6.07) is 43.2. The summed E-state index contributed by atoms with van der Waals surface area (Å²) in [4.78, 5) is 12.8. The Bertz CT molecular complexity index is 1600. The molecule has 0 saturated heterocycles. The number of rotatable bonds is 6. The van der Waals surface area contributed by atoms with Crippen LogP contribution in [0.3, 0.4) is 0 Å². The molecule has 0 spiro atoms. The highest BCUT2D eigenvalue weighted by Gasteiger charge is 2.29. The molecule has 37 heavy (non-hydrogen) atoms. The van der Waals surface area contributed by atoms with E-state index >= 15 is 0 Å². The Balaban J connectivity index is 1.24. The van der Waals surface area contributed by atoms with Crippen LogP contribution in [0.5, 0.6) is 0 Å². The summed E-state index contributed by atoms with van der Waals surface area (Å²) in [6.45, 7) is 0. The van der Waals surface area contributed by atoms with Crippen LogP contribution in [0.25, 0.3) is 16.8 Å². The van der Waals surface area contributed by atoms with Gasteiger partial charge < -0.3 is 0 Å². The molecule has 0 bridgehead atoms. The van der Waals surface area contributed by atoms with Gasteiger partial charge in [0.25, 0.3) is 0 Å². The summed E-state index contributed by atoms with van der Waals surface area (Å²) in [5.74, 6) is -0.00406. The van der Waals surface area contributed by atoms with Crippen molar-refractivity contribution in [3.8, 4) is 0 Å². The second-order valence-electron chi connectivity index (χ2n) is 9.24. The van der Waals surface area contributed by atoms with Crippen molar-refractivity contribution in [3.05, 3.63) is 156 Å². The highest BCUT2D eigenvalue weighted by molar-refractivity contribution is 6.08. The number of hydrogen-bond donors (Lipinski definition) is 0. The minimum atomic E-state index is -0.00406. The Labute approximate surface area is 217 Å². The average molecular weight is 479 g/mol. The van der Waals surface area contributed by atoms with Crippen LogP contribution < -0.4 is 5.01 Å². The molecule has 0 N–H and O–H groups in total. The topological polar surface area (TPSA) is 32.7 Å². The van der Waals surface area contributed by atoms with Crippen LogP contribution in [0.4, 0.5) is 5.69 Å². The zero-order valence-corrected chi connectivity index (χ0v) is 20.4. The maximum Gasteiger partial charge on any atom is 0.185 e. The van der Waals surface area contributed by atoms with Gasteiger partial charge in [0.2, 0.25) is 0 Å². The maximum atomic E-state index is 12.8. The van der Waals surface area contributed by atoms with Gasteiger partial charge in [0, 0.05) is 12.0 Å². The Morgan fingerprint density at radius 2 is 1.41 bits per heavy atom. The molecule has 1 heterocycles. The summed E-state index contributed by atoms with van der Waals surface area (Å²) in [6.07, 6.45) is 4.36. The molecule has 0 fully saturated rings. The molecule has 1 aliphatic heterocycles. The molecule has 1 atom stereocenters. The van der Waals surface area contributed by atoms with Crippen LogP contribution in [0.2, 0.25) is 0 Å². The monoisotopic (exact) mass is 478 g/mol. The molecular formula is C34H26N2O. The zero-order chi connectivity index (χ0) is 25.0. The molecule has 0 amide bonds. The van der Waals surface area contributed by atoms with E-state index in [-0.39, 0.29) is 11.8 Å². The fraction of sp³-hybridized carbons (Fsp3) is 0.0588. The van der Waals surface area contributed by atoms with Crippen molar-refractivity contribution < 1.29 is 4.79 Å². The molecular weight excluding hydrogens is 452 g/mol. The molecule has 0 aliphatic carbocycles. The Morgan fingerprint density at radius 3 is 2.16 bits per heavy atom. The van der Waals surface area contributed by atoms with Crippen molar-refractivity contribution in [1.82, 2.24) is 0 Å². The summed E-state index contributed by atoms with van der Waals surface area (Å²) < 4.78 is 0. The molecule has 1 aliphatic rings. The third-order valence-corrected chi connectivity index (χ3v) is 6.82. The number of allylic oxidation sites excluding steroid dienone is 1. The molecule has 0 aromatic heterocycles. The van der Waals surface area contributed by atoms with Crippen molar-refractivity contribution in [2.24, 2.45) is 5.10 Å². The van der Waals surface area contributed by atoms with E-state index in [1.54, 1.807) is 6.08 Å². The van der Waals surface area contributed by atoms with Gasteiger partial charge in [-0.1, -0.05) is 115 Å². The molecule has 5 aromatic carbocycles. The van der Waals surface area contributed by atoms with E-state index in [9.17, 15) is 4.79 Å². The first-order valence-corrected chi connectivity index (χ1v) is 12.5. The number of hydrazone groups is 1. The number of ketones is 1. The van der Waals surface area contributed by atoms with E-state index in [1.165, 1.54) is 5.56 Å². The minimum absolute atomic E-state index is 0.00406. The van der Waals surface area contributed by atoms with E-state index in [4.69, 9.17) is 5.10 Å². The predicted octanol–water partition coefficient (Wildman–Crippen LogP) is 8.09. The molecule has 3 nitrogen and oxygen atoms in total. The lowest BCUT2D eigenvalue weighted by atomic mass is 9.98. The second-order valence-corrected chi connectivity index (χ2v) is 9.24. The average Bonchev–Trinajstić information content (AvgIpc) is 3.42. The van der Waals surface area contributed by atoms with E-state index in [0.29, 0.717) is 5.56 Å². The van der Waals surface area contributed by atoms with Gasteiger partial charge in [0.1, 0.15) is 0 Å². The lowest BCUT2D eigenvalue weighted by Crippen LogP contribution is -2.18. The molecule has 6 rings (SSSR count). The van der Waals surface area contributed by atoms with E-state index in [2.05, 4.69) is 71.7 Å². The van der Waals surface area contributed by atoms with Gasteiger partial charge in [-0.3, -0.25) is 9.80 Å². The van der Waals surface area contributed by atoms with Gasteiger partial charge in [-0.15, -0.1) is 0 Å². The Kier molecular flexibility index (Phi) is 6.18. The number of carbonyl (C=O) groups excluding carboxylic acids is 1. The fourth-order valence-corrected chi connectivity index (χ4v) is 4.84. The molecule has 178 valence electrons. The number of hydrogen-bond acceptors (Lipinski definition) is 3. The minimum Gasteiger partial charge on any atom is -0.289 e. The van der Waals surface area contributed by atoms with Crippen molar-refractivity contribution >= 4 is 34.0 Å². The first kappa shape index (κ1) is 22.7. The summed E-state index contributed by atoms with van der Waals surface area (Å²) in [5, 5.41) is 9.35. The van der Waals surface area contributed by atoms with Crippen molar-refractivity contribution in [2.45, 2.75) is 12.5 Å². The summed E-state index contributed by atoms with van der Waals surface area (Å²) >= 11 is 0. The highest BCUT2D eigenvalue weighted by atomic mass is 16.1. The number of anilines is 1. The van der Waals surface area contributed by atoms with Crippen LogP contribution in [-0.2, 0) is 0 Å². The third-order valence-electron chi connectivity index (χ3n) is 6.82. The normalized spacial score (nSPS) is 15.3. The highest BCUT2D eigenvalue weighted by Crippen LogP contribution is 2.36. The van der Waals surface area contributed by atoms with E-state index in [0.717, 1.165) is 39.7 Å². The maximum absolute atomic E-state index is 12.8. The number of carbonyl (C=O) groups is 1. The fourth-order valence-electron chi connectivity index (χ4n) is 4.84. The first-order valence-electron chi connectivity index (χ1n) is 12.5. The third kappa shape index (κ3) is 4.85. The second kappa shape index (κ2) is 10.1. The van der Waals surface area contributed by atoms with E-state index in [1.807, 2.05) is 66.7 Å². The lowest BCUT2D eigenvalue weighted by Gasteiger charge is -2.24. The summed E-state index contributed by atoms with van der Waals surface area (Å²) in [7, 11) is 0. The largest absolute Gasteiger partial charge is 0.289 e. The van der Waals surface area contributed by atoms with Crippen LogP contribution >= 0.6 is 0 Å². The number of benzene rings is 5. The van der Waals surface area contributed by atoms with Gasteiger partial charge in [0.15, 0.2) is 5.78 Å². The first-order chi connectivity index (χ1) is 18.2. The Morgan fingerprint density at radius 1 is 0.730 bits per heavy atom. The SMILES string of the molecule is O=C(/C=C/c1ccc(N2N=C(c3ccccc3)C[C@H]2c2ccccc2)cc1)c1ccc2ccccc2c1. The zero-order valence-electron chi connectivity index (χ0n) is 20.4. The standard InChI is InChI=1S/C34H26N2O/c37-34(30-19-18-26-9-7-8-14-29(26)23-30)22-17-25-15-20-31(21-16-25)36-33(28-12-5-2-6-13-28)24-32(35-36)27-10-3-1-4-11-27/h1-23,33H,24H2/b22-17+/t33-/m0/s1. The Hall–Kier alpha value is -4.76. The van der Waals surface area contributed by atoms with E-state index < -0.39 is 0 Å². The quantitative estimate of drug-likeness (QED) is 0.182. The predicted molar refractivity (Wildman–Crippen MR) is 153 cm³/mol. The van der Waals surface area contributed by atoms with Gasteiger partial charge in [-0.2, -0.15) is 5.10 Å². The van der Waals surface area contributed by atoms with Crippen LogP contribution in [0.1, 0.15) is 39.5 Å². The molecule has 0 saturated carbocycles. The molecule has 3 heteroatoms. The summed E-state index contributed by atoms with van der Waals surface area (Å²) in [5.41, 5.74) is 6.16. The van der Waals surface area contributed by atoms with Crippen LogP contribution in [-0.4, -0.2) is 11.5 Å². The number of nitrogens with zero attached hydrogens (tertiary/aromatic N) is 2. The van der Waals surface area contributed by atoms with Crippen LogP contribution in [0, 0.1) is 0 Å². The van der Waals surface area contributed by atoms with Crippen LogP contribution in [0.15, 0.2) is 139 Å². The van der Waals surface area contributed by atoms with Gasteiger partial charge in [0.05, 0.1) is 17.4 Å². The molecule has 0 radical (unpaired) electrons. The van der Waals surface area contributed by atoms with Gasteiger partial charge in [-0.25, -0.2) is 0 Å². The van der Waals surface area contributed by atoms with Gasteiger partial charge in [-0.05, 0) is 51.7 Å². The molecule has 5 aromatic rings. The van der Waals surface area contributed by atoms with Gasteiger partial charge >= 0.3 is 0 Å². The van der Waals surface area contributed by atoms with Crippen molar-refractivity contribution in [2.75, 3.05) is 5.01 Å². The number of fused-ring (bicyclic) bond motifs is 1. The van der Waals surface area contributed by atoms with Crippen molar-refractivity contribution in [3.63, 3.8) is 0 Å².